The molecule has 124 valence electrons. The van der Waals surface area contributed by atoms with Gasteiger partial charge in [-0.15, -0.1) is 0 Å². The summed E-state index contributed by atoms with van der Waals surface area (Å²) in [5.74, 6) is -0.569. The minimum absolute atomic E-state index is 0.0858. The van der Waals surface area contributed by atoms with Gasteiger partial charge in [0, 0.05) is 17.3 Å². The molecule has 2 aromatic rings. The van der Waals surface area contributed by atoms with Crippen molar-refractivity contribution in [3.05, 3.63) is 71.3 Å². The highest BCUT2D eigenvalue weighted by Gasteiger charge is 2.30. The van der Waals surface area contributed by atoms with Gasteiger partial charge in [-0.3, -0.25) is 9.59 Å². The van der Waals surface area contributed by atoms with Crippen LogP contribution in [0.5, 0.6) is 0 Å². The molecule has 0 saturated carbocycles. The summed E-state index contributed by atoms with van der Waals surface area (Å²) in [6.07, 6.45) is -1.98. The van der Waals surface area contributed by atoms with Gasteiger partial charge in [0.15, 0.2) is 5.78 Å². The second-order valence-corrected chi connectivity index (χ2v) is 5.08. The van der Waals surface area contributed by atoms with E-state index in [2.05, 4.69) is 5.32 Å². The Morgan fingerprint density at radius 1 is 1.04 bits per heavy atom. The van der Waals surface area contributed by atoms with Crippen LogP contribution in [0.3, 0.4) is 0 Å². The molecule has 0 aliphatic rings. The number of carbonyl (C=O) groups is 2. The van der Waals surface area contributed by atoms with Crippen molar-refractivity contribution in [1.82, 2.24) is 0 Å². The van der Waals surface area contributed by atoms with Crippen molar-refractivity contribution < 1.29 is 22.8 Å². The van der Waals surface area contributed by atoms with Crippen LogP contribution in [0.1, 0.15) is 28.4 Å². The molecule has 6 heteroatoms. The fraction of sp³-hybridized carbons (Fsp3) is 0.111. The highest BCUT2D eigenvalue weighted by atomic mass is 19.4. The number of hydrogen-bond donors (Lipinski definition) is 1. The summed E-state index contributed by atoms with van der Waals surface area (Å²) in [4.78, 5) is 23.0. The Bertz CT molecular complexity index is 778. The van der Waals surface area contributed by atoms with Crippen LogP contribution in [-0.4, -0.2) is 11.7 Å². The Morgan fingerprint density at radius 2 is 1.71 bits per heavy atom. The fourth-order valence-corrected chi connectivity index (χ4v) is 1.96. The number of hydrogen-bond acceptors (Lipinski definition) is 2. The number of alkyl halides is 3. The van der Waals surface area contributed by atoms with Crippen molar-refractivity contribution in [2.45, 2.75) is 13.1 Å². The van der Waals surface area contributed by atoms with Gasteiger partial charge in [0.1, 0.15) is 0 Å². The van der Waals surface area contributed by atoms with E-state index in [0.29, 0.717) is 11.3 Å². The standard InChI is InChI=1S/C18H14F3NO2/c1-12(23)14-6-8-16(9-7-14)22-17(24)10-5-13-3-2-4-15(11-13)18(19,20)21/h2-11H,1H3,(H,22,24)/b10-5+. The summed E-state index contributed by atoms with van der Waals surface area (Å²) >= 11 is 0. The average Bonchev–Trinajstić information content (AvgIpc) is 2.53. The summed E-state index contributed by atoms with van der Waals surface area (Å²) in [7, 11) is 0. The minimum Gasteiger partial charge on any atom is -0.323 e. The quantitative estimate of drug-likeness (QED) is 0.658. The molecule has 0 aromatic heterocycles. The number of rotatable bonds is 4. The molecule has 2 rings (SSSR count). The summed E-state index contributed by atoms with van der Waals surface area (Å²) < 4.78 is 37.8. The number of amides is 1. The van der Waals surface area contributed by atoms with Crippen molar-refractivity contribution in [3.63, 3.8) is 0 Å². The normalized spacial score (nSPS) is 11.5. The number of benzene rings is 2. The molecule has 0 heterocycles. The second kappa shape index (κ2) is 7.12. The second-order valence-electron chi connectivity index (χ2n) is 5.08. The number of carbonyl (C=O) groups excluding carboxylic acids is 2. The van der Waals surface area contributed by atoms with E-state index in [9.17, 15) is 22.8 Å². The molecule has 0 radical (unpaired) electrons. The maximum absolute atomic E-state index is 12.6. The maximum Gasteiger partial charge on any atom is 0.416 e. The van der Waals surface area contributed by atoms with Crippen molar-refractivity contribution in [1.29, 1.82) is 0 Å². The molecule has 0 bridgehead atoms. The largest absolute Gasteiger partial charge is 0.416 e. The summed E-state index contributed by atoms with van der Waals surface area (Å²) in [5.41, 5.74) is 0.503. The molecule has 0 spiro atoms. The molecule has 1 amide bonds. The summed E-state index contributed by atoms with van der Waals surface area (Å²) in [6.45, 7) is 1.44. The number of anilines is 1. The molecule has 0 fully saturated rings. The van der Waals surface area contributed by atoms with Gasteiger partial charge in [-0.2, -0.15) is 13.2 Å². The van der Waals surface area contributed by atoms with Crippen LogP contribution in [-0.2, 0) is 11.0 Å². The van der Waals surface area contributed by atoms with Crippen LogP contribution in [0.2, 0.25) is 0 Å². The Hall–Kier alpha value is -2.89. The molecule has 0 saturated heterocycles. The van der Waals surface area contributed by atoms with Gasteiger partial charge in [-0.05, 0) is 55.0 Å². The fourth-order valence-electron chi connectivity index (χ4n) is 1.96. The van der Waals surface area contributed by atoms with Crippen LogP contribution in [0, 0.1) is 0 Å². The van der Waals surface area contributed by atoms with Gasteiger partial charge < -0.3 is 5.32 Å². The van der Waals surface area contributed by atoms with Gasteiger partial charge in [-0.25, -0.2) is 0 Å². The van der Waals surface area contributed by atoms with Crippen LogP contribution >= 0.6 is 0 Å². The molecule has 2 aromatic carbocycles. The van der Waals surface area contributed by atoms with E-state index in [1.165, 1.54) is 25.1 Å². The number of ketones is 1. The van der Waals surface area contributed by atoms with E-state index in [1.807, 2.05) is 0 Å². The zero-order chi connectivity index (χ0) is 17.7. The SMILES string of the molecule is CC(=O)c1ccc(NC(=O)/C=C/c2cccc(C(F)(F)F)c2)cc1. The smallest absolute Gasteiger partial charge is 0.323 e. The third kappa shape index (κ3) is 4.81. The summed E-state index contributed by atoms with van der Waals surface area (Å²) in [6, 6.07) is 11.0. The van der Waals surface area contributed by atoms with E-state index < -0.39 is 17.6 Å². The molecular weight excluding hydrogens is 319 g/mol. The van der Waals surface area contributed by atoms with Crippen LogP contribution < -0.4 is 5.32 Å². The monoisotopic (exact) mass is 333 g/mol. The van der Waals surface area contributed by atoms with E-state index in [-0.39, 0.29) is 11.3 Å². The van der Waals surface area contributed by atoms with Crippen molar-refractivity contribution in [3.8, 4) is 0 Å². The third-order valence-electron chi connectivity index (χ3n) is 3.20. The Labute approximate surface area is 136 Å². The molecular formula is C18H14F3NO2. The highest BCUT2D eigenvalue weighted by Crippen LogP contribution is 2.29. The lowest BCUT2D eigenvalue weighted by Gasteiger charge is -2.06. The number of Topliss-reactive ketones (excluding diaryl/α,β-unsaturated/α-hetero) is 1. The predicted octanol–water partition coefficient (Wildman–Crippen LogP) is 4.56. The first-order valence-electron chi connectivity index (χ1n) is 7.03. The van der Waals surface area contributed by atoms with Crippen molar-refractivity contribution in [2.24, 2.45) is 0 Å². The molecule has 0 aliphatic heterocycles. The zero-order valence-corrected chi connectivity index (χ0v) is 12.7. The average molecular weight is 333 g/mol. The Balaban J connectivity index is 2.04. The minimum atomic E-state index is -4.43. The molecule has 0 unspecified atom stereocenters. The first-order chi connectivity index (χ1) is 11.3. The molecule has 3 nitrogen and oxygen atoms in total. The predicted molar refractivity (Wildman–Crippen MR) is 85.6 cm³/mol. The lowest BCUT2D eigenvalue weighted by atomic mass is 10.1. The summed E-state index contributed by atoms with van der Waals surface area (Å²) in [5, 5.41) is 2.56. The first-order valence-corrected chi connectivity index (χ1v) is 7.03. The van der Waals surface area contributed by atoms with Gasteiger partial charge in [0.2, 0.25) is 5.91 Å². The van der Waals surface area contributed by atoms with Crippen molar-refractivity contribution >= 4 is 23.5 Å². The van der Waals surface area contributed by atoms with Crippen LogP contribution in [0.25, 0.3) is 6.08 Å². The van der Waals surface area contributed by atoms with E-state index in [0.717, 1.165) is 18.2 Å². The highest BCUT2D eigenvalue weighted by molar-refractivity contribution is 6.02. The van der Waals surface area contributed by atoms with E-state index in [1.54, 1.807) is 24.3 Å². The topological polar surface area (TPSA) is 46.2 Å². The first kappa shape index (κ1) is 17.5. The Morgan fingerprint density at radius 3 is 2.29 bits per heavy atom. The van der Waals surface area contributed by atoms with Crippen LogP contribution in [0.4, 0.5) is 18.9 Å². The molecule has 0 aliphatic carbocycles. The van der Waals surface area contributed by atoms with Crippen molar-refractivity contribution in [2.75, 3.05) is 5.32 Å². The molecule has 1 N–H and O–H groups in total. The zero-order valence-electron chi connectivity index (χ0n) is 12.7. The Kier molecular flexibility index (Phi) is 5.18. The van der Waals surface area contributed by atoms with Gasteiger partial charge >= 0.3 is 6.18 Å². The van der Waals surface area contributed by atoms with Gasteiger partial charge in [-0.1, -0.05) is 12.1 Å². The van der Waals surface area contributed by atoms with Gasteiger partial charge in [0.05, 0.1) is 5.56 Å². The third-order valence-corrected chi connectivity index (χ3v) is 3.20. The number of halogens is 3. The maximum atomic E-state index is 12.6. The van der Waals surface area contributed by atoms with Gasteiger partial charge in [0.25, 0.3) is 0 Å². The number of nitrogens with one attached hydrogen (secondary N) is 1. The van der Waals surface area contributed by atoms with E-state index in [4.69, 9.17) is 0 Å². The van der Waals surface area contributed by atoms with E-state index >= 15 is 0 Å². The molecule has 0 atom stereocenters. The lowest BCUT2D eigenvalue weighted by Crippen LogP contribution is -2.08. The lowest BCUT2D eigenvalue weighted by molar-refractivity contribution is -0.137. The van der Waals surface area contributed by atoms with Crippen LogP contribution in [0.15, 0.2) is 54.6 Å². The molecule has 24 heavy (non-hydrogen) atoms.